The topological polar surface area (TPSA) is 15.3 Å². The maximum atomic E-state index is 3.46. The second kappa shape index (κ2) is 7.66. The number of likely N-dealkylation sites (N-methyl/N-ethyl adjacent to an activating group) is 2. The molecule has 0 heterocycles. The van der Waals surface area contributed by atoms with Crippen LogP contribution in [0.15, 0.2) is 18.2 Å². The summed E-state index contributed by atoms with van der Waals surface area (Å²) >= 11 is 0. The van der Waals surface area contributed by atoms with Gasteiger partial charge in [-0.25, -0.2) is 0 Å². The molecule has 2 nitrogen and oxygen atoms in total. The average Bonchev–Trinajstić information content (AvgIpc) is 2.36. The van der Waals surface area contributed by atoms with E-state index >= 15 is 0 Å². The minimum absolute atomic E-state index is 0.414. The molecular weight excluding hydrogens is 232 g/mol. The molecule has 0 aromatic heterocycles. The second-order valence-electron chi connectivity index (χ2n) is 6.15. The van der Waals surface area contributed by atoms with Crippen molar-refractivity contribution in [2.75, 3.05) is 27.2 Å². The van der Waals surface area contributed by atoms with E-state index in [1.54, 1.807) is 0 Å². The summed E-state index contributed by atoms with van der Waals surface area (Å²) in [5.74, 6) is 0.774. The van der Waals surface area contributed by atoms with Crippen LogP contribution in [-0.2, 0) is 0 Å². The molecule has 1 unspecified atom stereocenters. The number of hydrogen-bond donors (Lipinski definition) is 1. The number of nitrogens with one attached hydrogen (secondary N) is 1. The third-order valence-electron chi connectivity index (χ3n) is 3.74. The van der Waals surface area contributed by atoms with E-state index in [1.807, 2.05) is 0 Å². The first-order chi connectivity index (χ1) is 8.93. The number of benzene rings is 1. The minimum Gasteiger partial charge on any atom is -0.312 e. The molecule has 1 rings (SSSR count). The molecule has 0 radical (unpaired) electrons. The maximum absolute atomic E-state index is 3.46. The van der Waals surface area contributed by atoms with Gasteiger partial charge in [-0.1, -0.05) is 37.6 Å². The first-order valence-electron chi connectivity index (χ1n) is 7.37. The molecule has 1 N–H and O–H groups in total. The van der Waals surface area contributed by atoms with Crippen LogP contribution in [-0.4, -0.2) is 32.1 Å². The first kappa shape index (κ1) is 16.2. The number of aryl methyl sites for hydroxylation is 2. The Labute approximate surface area is 119 Å². The molecule has 0 spiro atoms. The Bertz CT molecular complexity index is 385. The Morgan fingerprint density at radius 2 is 1.89 bits per heavy atom. The van der Waals surface area contributed by atoms with Crippen molar-refractivity contribution in [3.05, 3.63) is 34.9 Å². The van der Waals surface area contributed by atoms with Crippen LogP contribution in [0.2, 0.25) is 0 Å². The summed E-state index contributed by atoms with van der Waals surface area (Å²) in [5, 5.41) is 3.46. The van der Waals surface area contributed by atoms with Crippen molar-refractivity contribution in [1.82, 2.24) is 10.2 Å². The zero-order valence-corrected chi connectivity index (χ0v) is 13.5. The lowest BCUT2D eigenvalue weighted by Crippen LogP contribution is -2.32. The summed E-state index contributed by atoms with van der Waals surface area (Å²) in [6, 6.07) is 7.14. The third-order valence-corrected chi connectivity index (χ3v) is 3.74. The van der Waals surface area contributed by atoms with E-state index in [2.05, 4.69) is 70.2 Å². The molecule has 108 valence electrons. The van der Waals surface area contributed by atoms with Gasteiger partial charge in [-0.3, -0.25) is 0 Å². The summed E-state index contributed by atoms with van der Waals surface area (Å²) in [6.07, 6.45) is 1.26. The number of nitrogens with zero attached hydrogens (tertiary/aromatic N) is 1. The van der Waals surface area contributed by atoms with Gasteiger partial charge in [-0.2, -0.15) is 0 Å². The normalized spacial score (nSPS) is 13.3. The van der Waals surface area contributed by atoms with Crippen LogP contribution in [0.25, 0.3) is 0 Å². The Morgan fingerprint density at radius 3 is 2.47 bits per heavy atom. The summed E-state index contributed by atoms with van der Waals surface area (Å²) in [7, 11) is 4.28. The van der Waals surface area contributed by atoms with E-state index in [9.17, 15) is 0 Å². The predicted octanol–water partition coefficient (Wildman–Crippen LogP) is 3.54. The molecule has 2 heteroatoms. The molecule has 0 aliphatic carbocycles. The van der Waals surface area contributed by atoms with Crippen molar-refractivity contribution in [3.8, 4) is 0 Å². The first-order valence-corrected chi connectivity index (χ1v) is 7.37. The highest BCUT2D eigenvalue weighted by molar-refractivity contribution is 5.33. The monoisotopic (exact) mass is 262 g/mol. The van der Waals surface area contributed by atoms with Gasteiger partial charge in [0.2, 0.25) is 0 Å². The summed E-state index contributed by atoms with van der Waals surface area (Å²) < 4.78 is 0. The lowest BCUT2D eigenvalue weighted by atomic mass is 9.98. The molecule has 19 heavy (non-hydrogen) atoms. The summed E-state index contributed by atoms with van der Waals surface area (Å²) in [5.41, 5.74) is 4.15. The lowest BCUT2D eigenvalue weighted by molar-refractivity contribution is 0.279. The Hall–Kier alpha value is -0.860. The molecule has 0 bridgehead atoms. The van der Waals surface area contributed by atoms with Gasteiger partial charge in [0.1, 0.15) is 0 Å². The Balaban J connectivity index is 2.69. The molecule has 0 saturated carbocycles. The largest absolute Gasteiger partial charge is 0.312 e. The van der Waals surface area contributed by atoms with Gasteiger partial charge in [-0.05, 0) is 58.0 Å². The summed E-state index contributed by atoms with van der Waals surface area (Å²) in [4.78, 5) is 2.43. The van der Waals surface area contributed by atoms with Crippen LogP contribution in [0.4, 0.5) is 0 Å². The predicted molar refractivity (Wildman–Crippen MR) is 84.7 cm³/mol. The van der Waals surface area contributed by atoms with Crippen molar-refractivity contribution < 1.29 is 0 Å². The van der Waals surface area contributed by atoms with E-state index in [1.165, 1.54) is 29.7 Å². The highest BCUT2D eigenvalue weighted by atomic mass is 15.1. The number of rotatable bonds is 7. The van der Waals surface area contributed by atoms with Crippen molar-refractivity contribution in [2.45, 2.75) is 40.2 Å². The Morgan fingerprint density at radius 1 is 1.21 bits per heavy atom. The van der Waals surface area contributed by atoms with Crippen LogP contribution in [0.1, 0.15) is 43.0 Å². The molecular formula is C17H30N2. The Kier molecular flexibility index (Phi) is 6.53. The zero-order valence-electron chi connectivity index (χ0n) is 13.5. The van der Waals surface area contributed by atoms with Gasteiger partial charge in [0.15, 0.2) is 0 Å². The molecule has 0 fully saturated rings. The molecule has 0 aliphatic heterocycles. The molecule has 1 aromatic rings. The van der Waals surface area contributed by atoms with E-state index in [4.69, 9.17) is 0 Å². The van der Waals surface area contributed by atoms with Crippen LogP contribution in [0.5, 0.6) is 0 Å². The fourth-order valence-electron chi connectivity index (χ4n) is 2.36. The van der Waals surface area contributed by atoms with Crippen LogP contribution < -0.4 is 5.32 Å². The second-order valence-corrected chi connectivity index (χ2v) is 6.15. The van der Waals surface area contributed by atoms with Gasteiger partial charge in [0.05, 0.1) is 0 Å². The fourth-order valence-corrected chi connectivity index (χ4v) is 2.36. The van der Waals surface area contributed by atoms with Gasteiger partial charge in [0.25, 0.3) is 0 Å². The van der Waals surface area contributed by atoms with Crippen LogP contribution in [0.3, 0.4) is 0 Å². The van der Waals surface area contributed by atoms with Crippen molar-refractivity contribution in [1.29, 1.82) is 0 Å². The van der Waals surface area contributed by atoms with E-state index in [0.29, 0.717) is 6.04 Å². The standard InChI is InChI=1S/C17H30N2/c1-13(2)9-10-19(6)12-17(18-5)16-11-14(3)7-8-15(16)4/h7-8,11,13,17-18H,9-10,12H2,1-6H3. The van der Waals surface area contributed by atoms with E-state index in [-0.39, 0.29) is 0 Å². The smallest absolute Gasteiger partial charge is 0.0449 e. The van der Waals surface area contributed by atoms with Crippen molar-refractivity contribution >= 4 is 0 Å². The molecule has 1 aromatic carbocycles. The van der Waals surface area contributed by atoms with Crippen LogP contribution in [0, 0.1) is 19.8 Å². The average molecular weight is 262 g/mol. The highest BCUT2D eigenvalue weighted by Crippen LogP contribution is 2.20. The minimum atomic E-state index is 0.414. The van der Waals surface area contributed by atoms with Gasteiger partial charge >= 0.3 is 0 Å². The zero-order chi connectivity index (χ0) is 14.4. The lowest BCUT2D eigenvalue weighted by Gasteiger charge is -2.26. The van der Waals surface area contributed by atoms with Crippen molar-refractivity contribution in [2.24, 2.45) is 5.92 Å². The van der Waals surface area contributed by atoms with Gasteiger partial charge in [-0.15, -0.1) is 0 Å². The fraction of sp³-hybridized carbons (Fsp3) is 0.647. The van der Waals surface area contributed by atoms with Gasteiger partial charge < -0.3 is 10.2 Å². The molecule has 0 aliphatic rings. The quantitative estimate of drug-likeness (QED) is 0.808. The SMILES string of the molecule is CNC(CN(C)CCC(C)C)c1cc(C)ccc1C. The molecule has 0 saturated heterocycles. The molecule has 1 atom stereocenters. The molecule has 0 amide bonds. The third kappa shape index (κ3) is 5.33. The van der Waals surface area contributed by atoms with E-state index in [0.717, 1.165) is 12.5 Å². The summed E-state index contributed by atoms with van der Waals surface area (Å²) in [6.45, 7) is 11.2. The number of hydrogen-bond acceptors (Lipinski definition) is 2. The van der Waals surface area contributed by atoms with Crippen molar-refractivity contribution in [3.63, 3.8) is 0 Å². The maximum Gasteiger partial charge on any atom is 0.0449 e. The van der Waals surface area contributed by atoms with E-state index < -0.39 is 0 Å². The highest BCUT2D eigenvalue weighted by Gasteiger charge is 2.14. The van der Waals surface area contributed by atoms with Crippen LogP contribution >= 0.6 is 0 Å². The van der Waals surface area contributed by atoms with Gasteiger partial charge in [0, 0.05) is 12.6 Å².